The zero-order valence-corrected chi connectivity index (χ0v) is 17.4. The van der Waals surface area contributed by atoms with Crippen molar-refractivity contribution in [1.29, 1.82) is 0 Å². The number of hydrogen-bond donors (Lipinski definition) is 1. The molecule has 0 atom stereocenters. The first-order chi connectivity index (χ1) is 14.2. The lowest BCUT2D eigenvalue weighted by Gasteiger charge is -2.09. The summed E-state index contributed by atoms with van der Waals surface area (Å²) < 4.78 is 10.8. The minimum absolute atomic E-state index is 0.171. The first kappa shape index (κ1) is 20.6. The second-order valence-corrected chi connectivity index (χ2v) is 7.23. The van der Waals surface area contributed by atoms with Gasteiger partial charge in [-0.1, -0.05) is 36.4 Å². The Labute approximate surface area is 175 Å². The normalized spacial score (nSPS) is 10.8. The summed E-state index contributed by atoms with van der Waals surface area (Å²) in [5.41, 5.74) is 2.95. The molecular weight excluding hydrogens is 384 g/mol. The third kappa shape index (κ3) is 6.19. The van der Waals surface area contributed by atoms with Crippen LogP contribution in [0.1, 0.15) is 28.8 Å². The van der Waals surface area contributed by atoms with Crippen LogP contribution in [0.2, 0.25) is 0 Å². The standard InChI is InChI=1S/C23H24N2O3S/c1-3-28-20-11-9-18(13-21(20)27-2)10-12-22(26)24-15-19-16-29-23(25-19)14-17-7-5-4-6-8-17/h4-13,16H,3,14-15H2,1-2H3,(H,24,26)/b12-10+. The zero-order valence-electron chi connectivity index (χ0n) is 16.6. The summed E-state index contributed by atoms with van der Waals surface area (Å²) in [6.07, 6.45) is 4.06. The van der Waals surface area contributed by atoms with Crippen LogP contribution in [0.4, 0.5) is 0 Å². The van der Waals surface area contributed by atoms with E-state index >= 15 is 0 Å². The van der Waals surface area contributed by atoms with E-state index < -0.39 is 0 Å². The molecule has 3 aromatic rings. The fraction of sp³-hybridized carbons (Fsp3) is 0.217. The van der Waals surface area contributed by atoms with Crippen LogP contribution < -0.4 is 14.8 Å². The van der Waals surface area contributed by atoms with Crippen LogP contribution in [0.3, 0.4) is 0 Å². The van der Waals surface area contributed by atoms with Gasteiger partial charge in [-0.2, -0.15) is 0 Å². The highest BCUT2D eigenvalue weighted by atomic mass is 32.1. The third-order valence-electron chi connectivity index (χ3n) is 4.16. The highest BCUT2D eigenvalue weighted by Gasteiger charge is 2.06. The van der Waals surface area contributed by atoms with Crippen LogP contribution in [0, 0.1) is 0 Å². The Morgan fingerprint density at radius 2 is 2.00 bits per heavy atom. The molecule has 0 radical (unpaired) electrons. The number of thiazole rings is 1. The molecule has 1 heterocycles. The number of hydrogen-bond acceptors (Lipinski definition) is 5. The van der Waals surface area contributed by atoms with Crippen LogP contribution in [-0.4, -0.2) is 24.6 Å². The second kappa shape index (κ2) is 10.4. The van der Waals surface area contributed by atoms with Crippen LogP contribution in [-0.2, 0) is 17.8 Å². The Kier molecular flexibility index (Phi) is 7.41. The zero-order chi connectivity index (χ0) is 20.5. The molecule has 0 bridgehead atoms. The first-order valence-corrected chi connectivity index (χ1v) is 10.3. The number of carbonyl (C=O) groups excluding carboxylic acids is 1. The van der Waals surface area contributed by atoms with E-state index in [2.05, 4.69) is 22.4 Å². The number of rotatable bonds is 9. The van der Waals surface area contributed by atoms with E-state index in [9.17, 15) is 4.79 Å². The van der Waals surface area contributed by atoms with Crippen LogP contribution >= 0.6 is 11.3 Å². The molecule has 29 heavy (non-hydrogen) atoms. The van der Waals surface area contributed by atoms with E-state index in [0.717, 1.165) is 22.7 Å². The molecule has 1 amide bonds. The average molecular weight is 409 g/mol. The molecule has 0 saturated heterocycles. The van der Waals surface area contributed by atoms with Gasteiger partial charge in [0.2, 0.25) is 5.91 Å². The van der Waals surface area contributed by atoms with Gasteiger partial charge in [-0.15, -0.1) is 11.3 Å². The summed E-state index contributed by atoms with van der Waals surface area (Å²) in [7, 11) is 1.60. The van der Waals surface area contributed by atoms with E-state index in [1.54, 1.807) is 24.5 Å². The maximum absolute atomic E-state index is 12.1. The largest absolute Gasteiger partial charge is 0.493 e. The van der Waals surface area contributed by atoms with Crippen molar-refractivity contribution >= 4 is 23.3 Å². The van der Waals surface area contributed by atoms with Crippen molar-refractivity contribution in [2.45, 2.75) is 19.9 Å². The number of carbonyl (C=O) groups is 1. The van der Waals surface area contributed by atoms with Crippen molar-refractivity contribution in [1.82, 2.24) is 10.3 Å². The van der Waals surface area contributed by atoms with E-state index in [1.807, 2.05) is 48.7 Å². The number of amides is 1. The van der Waals surface area contributed by atoms with Gasteiger partial charge in [0.1, 0.15) is 0 Å². The van der Waals surface area contributed by atoms with Gasteiger partial charge in [0.25, 0.3) is 0 Å². The van der Waals surface area contributed by atoms with E-state index in [-0.39, 0.29) is 5.91 Å². The van der Waals surface area contributed by atoms with Crippen LogP contribution in [0.5, 0.6) is 11.5 Å². The maximum atomic E-state index is 12.1. The SMILES string of the molecule is CCOc1ccc(/C=C/C(=O)NCc2csc(Cc3ccccc3)n2)cc1OC. The van der Waals surface area contributed by atoms with Crippen LogP contribution in [0.25, 0.3) is 6.08 Å². The number of methoxy groups -OCH3 is 1. The maximum Gasteiger partial charge on any atom is 0.244 e. The Morgan fingerprint density at radius 3 is 2.76 bits per heavy atom. The lowest BCUT2D eigenvalue weighted by atomic mass is 10.2. The Balaban J connectivity index is 1.52. The lowest BCUT2D eigenvalue weighted by molar-refractivity contribution is -0.116. The minimum Gasteiger partial charge on any atom is -0.493 e. The second-order valence-electron chi connectivity index (χ2n) is 6.29. The number of benzene rings is 2. The summed E-state index contributed by atoms with van der Waals surface area (Å²) in [4.78, 5) is 16.7. The first-order valence-electron chi connectivity index (χ1n) is 9.42. The summed E-state index contributed by atoms with van der Waals surface area (Å²) in [5.74, 6) is 1.16. The monoisotopic (exact) mass is 408 g/mol. The lowest BCUT2D eigenvalue weighted by Crippen LogP contribution is -2.20. The summed E-state index contributed by atoms with van der Waals surface area (Å²) in [6, 6.07) is 15.8. The van der Waals surface area contributed by atoms with Gasteiger partial charge in [0.15, 0.2) is 11.5 Å². The van der Waals surface area contributed by atoms with E-state index in [4.69, 9.17) is 9.47 Å². The van der Waals surface area contributed by atoms with Crippen molar-refractivity contribution in [3.05, 3.63) is 81.8 Å². The third-order valence-corrected chi connectivity index (χ3v) is 5.05. The molecule has 150 valence electrons. The topological polar surface area (TPSA) is 60.5 Å². The van der Waals surface area contributed by atoms with Gasteiger partial charge < -0.3 is 14.8 Å². The molecule has 0 spiro atoms. The summed E-state index contributed by atoms with van der Waals surface area (Å²) in [5, 5.41) is 5.89. The summed E-state index contributed by atoms with van der Waals surface area (Å²) >= 11 is 1.61. The quantitative estimate of drug-likeness (QED) is 0.531. The molecule has 0 unspecified atom stereocenters. The predicted molar refractivity (Wildman–Crippen MR) is 116 cm³/mol. The van der Waals surface area contributed by atoms with E-state index in [0.29, 0.717) is 24.7 Å². The van der Waals surface area contributed by atoms with Gasteiger partial charge in [0.05, 0.1) is 31.0 Å². The van der Waals surface area contributed by atoms with E-state index in [1.165, 1.54) is 11.6 Å². The van der Waals surface area contributed by atoms with Crippen molar-refractivity contribution < 1.29 is 14.3 Å². The number of nitrogens with zero attached hydrogens (tertiary/aromatic N) is 1. The van der Waals surface area contributed by atoms with Crippen molar-refractivity contribution in [2.75, 3.05) is 13.7 Å². The Bertz CT molecular complexity index is 967. The predicted octanol–water partition coefficient (Wildman–Crippen LogP) is 4.47. The van der Waals surface area contributed by atoms with Gasteiger partial charge in [-0.3, -0.25) is 4.79 Å². The number of nitrogens with one attached hydrogen (secondary N) is 1. The average Bonchev–Trinajstić information content (AvgIpc) is 3.19. The van der Waals surface area contributed by atoms with Gasteiger partial charge in [-0.05, 0) is 36.3 Å². The van der Waals surface area contributed by atoms with Gasteiger partial charge in [-0.25, -0.2) is 4.98 Å². The van der Waals surface area contributed by atoms with Crippen molar-refractivity contribution in [2.24, 2.45) is 0 Å². The highest BCUT2D eigenvalue weighted by molar-refractivity contribution is 7.09. The highest BCUT2D eigenvalue weighted by Crippen LogP contribution is 2.28. The molecule has 5 nitrogen and oxygen atoms in total. The van der Waals surface area contributed by atoms with Crippen molar-refractivity contribution in [3.8, 4) is 11.5 Å². The molecule has 1 aromatic heterocycles. The number of aromatic nitrogens is 1. The molecule has 1 N–H and O–H groups in total. The molecule has 0 aliphatic carbocycles. The van der Waals surface area contributed by atoms with Gasteiger partial charge in [0, 0.05) is 17.9 Å². The van der Waals surface area contributed by atoms with Gasteiger partial charge >= 0.3 is 0 Å². The molecular formula is C23H24N2O3S. The Hall–Kier alpha value is -3.12. The summed E-state index contributed by atoms with van der Waals surface area (Å²) in [6.45, 7) is 2.89. The molecule has 6 heteroatoms. The fourth-order valence-electron chi connectivity index (χ4n) is 2.75. The number of ether oxygens (including phenoxy) is 2. The smallest absolute Gasteiger partial charge is 0.244 e. The molecule has 2 aromatic carbocycles. The molecule has 0 fully saturated rings. The fourth-order valence-corrected chi connectivity index (χ4v) is 3.58. The van der Waals surface area contributed by atoms with Crippen LogP contribution in [0.15, 0.2) is 60.0 Å². The minimum atomic E-state index is -0.171. The molecule has 0 aliphatic heterocycles. The van der Waals surface area contributed by atoms with Crippen molar-refractivity contribution in [3.63, 3.8) is 0 Å². The molecule has 0 aliphatic rings. The Morgan fingerprint density at radius 1 is 1.17 bits per heavy atom. The molecule has 3 rings (SSSR count). The molecule has 0 saturated carbocycles.